The Bertz CT molecular complexity index is 838. The summed E-state index contributed by atoms with van der Waals surface area (Å²) in [6.07, 6.45) is -3.48. The summed E-state index contributed by atoms with van der Waals surface area (Å²) in [6, 6.07) is 8.20. The highest BCUT2D eigenvalue weighted by atomic mass is 79.9. The summed E-state index contributed by atoms with van der Waals surface area (Å²) in [5.74, 6) is -1.48. The number of hydrogen-bond donors (Lipinski definition) is 0. The Morgan fingerprint density at radius 1 is 1.15 bits per heavy atom. The zero-order valence-corrected chi connectivity index (χ0v) is 15.0. The van der Waals surface area contributed by atoms with Gasteiger partial charge in [-0.25, -0.2) is 4.39 Å². The van der Waals surface area contributed by atoms with Crippen LogP contribution in [0.2, 0.25) is 0 Å². The zero-order chi connectivity index (χ0) is 18.9. The molecule has 0 aliphatic carbocycles. The molecule has 0 unspecified atom stereocenters. The number of alkyl halides is 3. The summed E-state index contributed by atoms with van der Waals surface area (Å²) in [5.41, 5.74) is 1.38. The number of fused-ring (bicyclic) bond motifs is 1. The van der Waals surface area contributed by atoms with Crippen molar-refractivity contribution in [2.24, 2.45) is 0 Å². The van der Waals surface area contributed by atoms with Crippen LogP contribution in [0.15, 0.2) is 40.9 Å². The molecule has 0 bridgehead atoms. The number of carbonyl (C=O) groups is 1. The average molecular weight is 432 g/mol. The van der Waals surface area contributed by atoms with Crippen molar-refractivity contribution in [2.45, 2.75) is 25.7 Å². The van der Waals surface area contributed by atoms with Crippen LogP contribution in [0.5, 0.6) is 5.75 Å². The monoisotopic (exact) mass is 431 g/mol. The van der Waals surface area contributed by atoms with E-state index < -0.39 is 17.9 Å². The van der Waals surface area contributed by atoms with Gasteiger partial charge in [0.1, 0.15) is 11.6 Å². The molecule has 3 nitrogen and oxygen atoms in total. The minimum Gasteiger partial charge on any atom is -0.406 e. The molecule has 0 aromatic heterocycles. The van der Waals surface area contributed by atoms with Gasteiger partial charge in [0.15, 0.2) is 0 Å². The van der Waals surface area contributed by atoms with Crippen LogP contribution in [0.3, 0.4) is 0 Å². The number of aryl methyl sites for hydroxylation is 1. The number of hydrogen-bond acceptors (Lipinski definition) is 2. The van der Waals surface area contributed by atoms with E-state index in [1.807, 2.05) is 12.1 Å². The lowest BCUT2D eigenvalue weighted by Crippen LogP contribution is -2.31. The van der Waals surface area contributed by atoms with Crippen molar-refractivity contribution in [3.63, 3.8) is 0 Å². The maximum atomic E-state index is 14.1. The molecule has 1 aliphatic rings. The van der Waals surface area contributed by atoms with E-state index in [2.05, 4.69) is 20.7 Å². The van der Waals surface area contributed by atoms with Crippen molar-refractivity contribution >= 4 is 21.8 Å². The molecule has 0 radical (unpaired) electrons. The van der Waals surface area contributed by atoms with Crippen LogP contribution in [0.1, 0.15) is 27.9 Å². The standard InChI is InChI=1S/C18H14BrF4NO2/c19-13-4-3-11-2-1-7-24(17(25)15(11)9-13)10-12-8-14(5-6-16(12)20)26-18(21,22)23/h3-6,8-9H,1-2,7,10H2. The van der Waals surface area contributed by atoms with Crippen molar-refractivity contribution in [2.75, 3.05) is 6.54 Å². The third-order valence-electron chi connectivity index (χ3n) is 4.08. The molecule has 0 spiro atoms. The van der Waals surface area contributed by atoms with Crippen molar-refractivity contribution in [3.8, 4) is 5.75 Å². The van der Waals surface area contributed by atoms with Crippen LogP contribution < -0.4 is 4.74 Å². The van der Waals surface area contributed by atoms with Crippen LogP contribution >= 0.6 is 15.9 Å². The number of rotatable bonds is 3. The lowest BCUT2D eigenvalue weighted by molar-refractivity contribution is -0.274. The van der Waals surface area contributed by atoms with Gasteiger partial charge in [-0.15, -0.1) is 13.2 Å². The van der Waals surface area contributed by atoms with E-state index in [1.165, 1.54) is 4.90 Å². The first-order valence-corrected chi connectivity index (χ1v) is 8.64. The molecule has 3 rings (SSSR count). The fourth-order valence-corrected chi connectivity index (χ4v) is 3.28. The minimum atomic E-state index is -4.86. The van der Waals surface area contributed by atoms with Gasteiger partial charge in [0.05, 0.1) is 0 Å². The van der Waals surface area contributed by atoms with Crippen LogP contribution in [0.4, 0.5) is 17.6 Å². The number of nitrogens with zero attached hydrogens (tertiary/aromatic N) is 1. The van der Waals surface area contributed by atoms with E-state index in [0.717, 1.165) is 28.2 Å². The first-order valence-electron chi connectivity index (χ1n) is 7.85. The third-order valence-corrected chi connectivity index (χ3v) is 4.57. The zero-order valence-electron chi connectivity index (χ0n) is 13.4. The molecular formula is C18H14BrF4NO2. The number of carbonyl (C=O) groups excluding carboxylic acids is 1. The molecule has 138 valence electrons. The summed E-state index contributed by atoms with van der Waals surface area (Å²) in [7, 11) is 0. The maximum Gasteiger partial charge on any atom is 0.573 e. The predicted octanol–water partition coefficient (Wildman–Crippen LogP) is 5.08. The maximum absolute atomic E-state index is 14.1. The number of halogens is 5. The Morgan fingerprint density at radius 2 is 1.92 bits per heavy atom. The summed E-state index contributed by atoms with van der Waals surface area (Å²) < 4.78 is 55.7. The number of ether oxygens (including phenoxy) is 1. The second-order valence-corrected chi connectivity index (χ2v) is 6.85. The average Bonchev–Trinajstić information content (AvgIpc) is 2.69. The summed E-state index contributed by atoms with van der Waals surface area (Å²) in [4.78, 5) is 14.2. The molecule has 26 heavy (non-hydrogen) atoms. The highest BCUT2D eigenvalue weighted by molar-refractivity contribution is 9.10. The van der Waals surface area contributed by atoms with Crippen molar-refractivity contribution in [1.82, 2.24) is 4.90 Å². The minimum absolute atomic E-state index is 0.0291. The lowest BCUT2D eigenvalue weighted by Gasteiger charge is -2.22. The van der Waals surface area contributed by atoms with E-state index in [1.54, 1.807) is 6.07 Å². The summed E-state index contributed by atoms with van der Waals surface area (Å²) >= 11 is 3.33. The van der Waals surface area contributed by atoms with Gasteiger partial charge in [-0.2, -0.15) is 0 Å². The highest BCUT2D eigenvalue weighted by Crippen LogP contribution is 2.27. The van der Waals surface area contributed by atoms with Crippen LogP contribution in [-0.2, 0) is 13.0 Å². The van der Waals surface area contributed by atoms with Gasteiger partial charge in [0.2, 0.25) is 0 Å². The van der Waals surface area contributed by atoms with Gasteiger partial charge >= 0.3 is 6.36 Å². The third kappa shape index (κ3) is 4.35. The molecule has 0 fully saturated rings. The lowest BCUT2D eigenvalue weighted by atomic mass is 10.0. The van der Waals surface area contributed by atoms with Crippen LogP contribution in [-0.4, -0.2) is 23.7 Å². The topological polar surface area (TPSA) is 29.5 Å². The van der Waals surface area contributed by atoms with Crippen molar-refractivity contribution in [3.05, 3.63) is 63.4 Å². The molecule has 2 aromatic carbocycles. The van der Waals surface area contributed by atoms with E-state index in [0.29, 0.717) is 24.9 Å². The normalized spacial score (nSPS) is 14.8. The molecule has 0 N–H and O–H groups in total. The smallest absolute Gasteiger partial charge is 0.406 e. The summed E-state index contributed by atoms with van der Waals surface area (Å²) in [5, 5.41) is 0. The predicted molar refractivity (Wildman–Crippen MR) is 90.3 cm³/mol. The fourth-order valence-electron chi connectivity index (χ4n) is 2.92. The van der Waals surface area contributed by atoms with Gasteiger partial charge in [-0.1, -0.05) is 22.0 Å². The molecule has 0 atom stereocenters. The van der Waals surface area contributed by atoms with Crippen LogP contribution in [0.25, 0.3) is 0 Å². The second kappa shape index (κ2) is 7.26. The molecular weight excluding hydrogens is 418 g/mol. The Morgan fingerprint density at radius 3 is 2.65 bits per heavy atom. The highest BCUT2D eigenvalue weighted by Gasteiger charge is 2.31. The molecule has 0 saturated carbocycles. The Kier molecular flexibility index (Phi) is 5.22. The SMILES string of the molecule is O=C1c2cc(Br)ccc2CCCN1Cc1cc(OC(F)(F)F)ccc1F. The molecule has 8 heteroatoms. The molecule has 1 aliphatic heterocycles. The Hall–Kier alpha value is -2.09. The number of benzene rings is 2. The Balaban J connectivity index is 1.86. The van der Waals surface area contributed by atoms with Gasteiger partial charge in [-0.05, 0) is 48.7 Å². The van der Waals surface area contributed by atoms with Crippen LogP contribution in [0, 0.1) is 5.82 Å². The second-order valence-electron chi connectivity index (χ2n) is 5.93. The number of amides is 1. The van der Waals surface area contributed by atoms with E-state index >= 15 is 0 Å². The molecule has 0 saturated heterocycles. The quantitative estimate of drug-likeness (QED) is 0.634. The Labute approximate surface area is 155 Å². The first-order chi connectivity index (χ1) is 12.2. The molecule has 1 heterocycles. The van der Waals surface area contributed by atoms with E-state index in [9.17, 15) is 22.4 Å². The summed E-state index contributed by atoms with van der Waals surface area (Å²) in [6.45, 7) is 0.251. The van der Waals surface area contributed by atoms with Crippen molar-refractivity contribution < 1.29 is 27.1 Å². The van der Waals surface area contributed by atoms with E-state index in [4.69, 9.17) is 0 Å². The van der Waals surface area contributed by atoms with E-state index in [-0.39, 0.29) is 18.0 Å². The first kappa shape index (κ1) is 18.7. The fraction of sp³-hybridized carbons (Fsp3) is 0.278. The molecule has 2 aromatic rings. The van der Waals surface area contributed by atoms with Gasteiger partial charge in [-0.3, -0.25) is 4.79 Å². The van der Waals surface area contributed by atoms with Gasteiger partial charge in [0, 0.05) is 28.7 Å². The van der Waals surface area contributed by atoms with Crippen molar-refractivity contribution in [1.29, 1.82) is 0 Å². The molecule has 1 amide bonds. The van der Waals surface area contributed by atoms with Gasteiger partial charge < -0.3 is 9.64 Å². The van der Waals surface area contributed by atoms with Gasteiger partial charge in [0.25, 0.3) is 5.91 Å². The largest absolute Gasteiger partial charge is 0.573 e.